The zero-order valence-corrected chi connectivity index (χ0v) is 13.7. The molecule has 0 aliphatic carbocycles. The molecule has 3 aromatic rings. The van der Waals surface area contributed by atoms with Crippen LogP contribution in [0.2, 0.25) is 0 Å². The Morgan fingerprint density at radius 2 is 1.50 bits per heavy atom. The standard InChI is InChI=1S/C21H15FO4/c22-19-12-5-4-11-18(19)20(23)14-25-21(24)15-7-6-10-17(13-15)26-16-8-2-1-3-9-16/h1-13H,14H2. The average molecular weight is 350 g/mol. The van der Waals surface area contributed by atoms with Crippen molar-refractivity contribution in [2.45, 2.75) is 0 Å². The molecule has 0 atom stereocenters. The van der Waals surface area contributed by atoms with Crippen LogP contribution in [-0.4, -0.2) is 18.4 Å². The van der Waals surface area contributed by atoms with Gasteiger partial charge in [0.1, 0.15) is 17.3 Å². The SMILES string of the molecule is O=C(OCC(=O)c1ccccc1F)c1cccc(Oc2ccccc2)c1. The normalized spacial score (nSPS) is 10.2. The molecule has 0 bridgehead atoms. The van der Waals surface area contributed by atoms with Crippen LogP contribution in [0.3, 0.4) is 0 Å². The van der Waals surface area contributed by atoms with Gasteiger partial charge < -0.3 is 9.47 Å². The molecule has 0 fully saturated rings. The Balaban J connectivity index is 1.64. The predicted octanol–water partition coefficient (Wildman–Crippen LogP) is 4.66. The third-order valence-corrected chi connectivity index (χ3v) is 3.56. The lowest BCUT2D eigenvalue weighted by Crippen LogP contribution is -2.15. The van der Waals surface area contributed by atoms with Crippen molar-refractivity contribution >= 4 is 11.8 Å². The summed E-state index contributed by atoms with van der Waals surface area (Å²) in [6.45, 7) is -0.538. The molecule has 3 aromatic carbocycles. The molecule has 0 aromatic heterocycles. The molecule has 0 radical (unpaired) electrons. The van der Waals surface area contributed by atoms with Crippen LogP contribution in [0.15, 0.2) is 78.9 Å². The minimum Gasteiger partial charge on any atom is -0.457 e. The largest absolute Gasteiger partial charge is 0.457 e. The summed E-state index contributed by atoms with van der Waals surface area (Å²) in [5, 5.41) is 0. The number of rotatable bonds is 6. The van der Waals surface area contributed by atoms with E-state index in [4.69, 9.17) is 9.47 Å². The van der Waals surface area contributed by atoms with E-state index in [9.17, 15) is 14.0 Å². The van der Waals surface area contributed by atoms with Gasteiger partial charge in [0.15, 0.2) is 6.61 Å². The zero-order chi connectivity index (χ0) is 18.4. The first-order valence-corrected chi connectivity index (χ1v) is 7.91. The van der Waals surface area contributed by atoms with Crippen LogP contribution in [0, 0.1) is 5.82 Å². The molecule has 0 amide bonds. The molecule has 0 unspecified atom stereocenters. The fraction of sp³-hybridized carbons (Fsp3) is 0.0476. The van der Waals surface area contributed by atoms with Crippen molar-refractivity contribution in [3.05, 3.63) is 95.8 Å². The summed E-state index contributed by atoms with van der Waals surface area (Å²) in [5.41, 5.74) is 0.126. The van der Waals surface area contributed by atoms with Crippen molar-refractivity contribution in [2.75, 3.05) is 6.61 Å². The van der Waals surface area contributed by atoms with Crippen LogP contribution < -0.4 is 4.74 Å². The number of ketones is 1. The Morgan fingerprint density at radius 1 is 0.808 bits per heavy atom. The summed E-state index contributed by atoms with van der Waals surface area (Å²) in [6.07, 6.45) is 0. The fourth-order valence-corrected chi connectivity index (χ4v) is 2.29. The van der Waals surface area contributed by atoms with Crippen molar-refractivity contribution in [1.82, 2.24) is 0 Å². The Bertz CT molecular complexity index is 922. The highest BCUT2D eigenvalue weighted by Gasteiger charge is 2.15. The van der Waals surface area contributed by atoms with Gasteiger partial charge in [0.2, 0.25) is 5.78 Å². The van der Waals surface area contributed by atoms with E-state index < -0.39 is 24.2 Å². The van der Waals surface area contributed by atoms with Crippen LogP contribution in [0.4, 0.5) is 4.39 Å². The fourth-order valence-electron chi connectivity index (χ4n) is 2.29. The van der Waals surface area contributed by atoms with Crippen LogP contribution in [0.25, 0.3) is 0 Å². The Labute approximate surface area is 149 Å². The molecule has 0 saturated heterocycles. The van der Waals surface area contributed by atoms with Gasteiger partial charge >= 0.3 is 5.97 Å². The maximum Gasteiger partial charge on any atom is 0.338 e. The second kappa shape index (κ2) is 8.07. The highest BCUT2D eigenvalue weighted by Crippen LogP contribution is 2.22. The van der Waals surface area contributed by atoms with Crippen molar-refractivity contribution in [1.29, 1.82) is 0 Å². The molecule has 0 aliphatic heterocycles. The van der Waals surface area contributed by atoms with Gasteiger partial charge in [-0.05, 0) is 42.5 Å². The summed E-state index contributed by atoms with van der Waals surface area (Å²) < 4.78 is 24.2. The summed E-state index contributed by atoms with van der Waals surface area (Å²) in [6, 6.07) is 21.1. The molecule has 26 heavy (non-hydrogen) atoms. The highest BCUT2D eigenvalue weighted by atomic mass is 19.1. The van der Waals surface area contributed by atoms with Crippen molar-refractivity contribution < 1.29 is 23.5 Å². The van der Waals surface area contributed by atoms with Gasteiger partial charge in [-0.2, -0.15) is 0 Å². The van der Waals surface area contributed by atoms with Gasteiger partial charge in [-0.3, -0.25) is 4.79 Å². The number of hydrogen-bond donors (Lipinski definition) is 0. The second-order valence-electron chi connectivity index (χ2n) is 5.42. The molecule has 0 saturated carbocycles. The van der Waals surface area contributed by atoms with E-state index in [-0.39, 0.29) is 11.1 Å². The number of hydrogen-bond acceptors (Lipinski definition) is 4. The van der Waals surface area contributed by atoms with Crippen molar-refractivity contribution in [3.8, 4) is 11.5 Å². The summed E-state index contributed by atoms with van der Waals surface area (Å²) in [4.78, 5) is 24.1. The summed E-state index contributed by atoms with van der Waals surface area (Å²) in [5.74, 6) is -0.841. The highest BCUT2D eigenvalue weighted by molar-refractivity contribution is 5.99. The van der Waals surface area contributed by atoms with Gasteiger partial charge in [0, 0.05) is 0 Å². The molecule has 0 aliphatic rings. The molecule has 130 valence electrons. The number of Topliss-reactive ketones (excluding diaryl/α,β-unsaturated/α-hetero) is 1. The lowest BCUT2D eigenvalue weighted by Gasteiger charge is -2.08. The van der Waals surface area contributed by atoms with Gasteiger partial charge in [-0.15, -0.1) is 0 Å². The summed E-state index contributed by atoms with van der Waals surface area (Å²) >= 11 is 0. The van der Waals surface area contributed by atoms with Gasteiger partial charge in [0.05, 0.1) is 11.1 Å². The minimum atomic E-state index is -0.687. The lowest BCUT2D eigenvalue weighted by atomic mass is 10.1. The lowest BCUT2D eigenvalue weighted by molar-refractivity contribution is 0.0473. The molecule has 0 N–H and O–H groups in total. The number of halogens is 1. The Hall–Kier alpha value is -3.47. The first-order valence-electron chi connectivity index (χ1n) is 7.91. The summed E-state index contributed by atoms with van der Waals surface area (Å²) in [7, 11) is 0. The molecule has 3 rings (SSSR count). The number of benzene rings is 3. The van der Waals surface area contributed by atoms with Gasteiger partial charge in [0.25, 0.3) is 0 Å². The van der Waals surface area contributed by atoms with Crippen molar-refractivity contribution in [2.24, 2.45) is 0 Å². The van der Waals surface area contributed by atoms with Crippen molar-refractivity contribution in [3.63, 3.8) is 0 Å². The number of carbonyl (C=O) groups excluding carboxylic acids is 2. The van der Waals surface area contributed by atoms with E-state index in [0.29, 0.717) is 11.5 Å². The molecule has 0 heterocycles. The van der Waals surface area contributed by atoms with E-state index in [1.165, 1.54) is 24.3 Å². The third-order valence-electron chi connectivity index (χ3n) is 3.56. The maximum atomic E-state index is 13.6. The van der Waals surface area contributed by atoms with E-state index in [1.807, 2.05) is 18.2 Å². The minimum absolute atomic E-state index is 0.110. The topological polar surface area (TPSA) is 52.6 Å². The maximum absolute atomic E-state index is 13.6. The predicted molar refractivity (Wildman–Crippen MR) is 94.0 cm³/mol. The number of esters is 1. The molecular formula is C21H15FO4. The van der Waals surface area contributed by atoms with E-state index >= 15 is 0 Å². The molecule has 4 nitrogen and oxygen atoms in total. The molecular weight excluding hydrogens is 335 g/mol. The Morgan fingerprint density at radius 3 is 2.27 bits per heavy atom. The molecule has 5 heteroatoms. The van der Waals surface area contributed by atoms with Crippen LogP contribution in [-0.2, 0) is 4.74 Å². The Kier molecular flexibility index (Phi) is 5.39. The van der Waals surface area contributed by atoms with Gasteiger partial charge in [-0.25, -0.2) is 9.18 Å². The number of carbonyl (C=O) groups is 2. The quantitative estimate of drug-likeness (QED) is 0.479. The molecule has 0 spiro atoms. The van der Waals surface area contributed by atoms with E-state index in [2.05, 4.69) is 0 Å². The zero-order valence-electron chi connectivity index (χ0n) is 13.7. The number of para-hydroxylation sites is 1. The van der Waals surface area contributed by atoms with Crippen LogP contribution in [0.5, 0.6) is 11.5 Å². The monoisotopic (exact) mass is 350 g/mol. The average Bonchev–Trinajstić information content (AvgIpc) is 2.67. The second-order valence-corrected chi connectivity index (χ2v) is 5.42. The third kappa shape index (κ3) is 4.33. The van der Waals surface area contributed by atoms with E-state index in [0.717, 1.165) is 0 Å². The van der Waals surface area contributed by atoms with Crippen LogP contribution >= 0.6 is 0 Å². The first kappa shape index (κ1) is 17.4. The van der Waals surface area contributed by atoms with E-state index in [1.54, 1.807) is 36.4 Å². The smallest absolute Gasteiger partial charge is 0.338 e. The van der Waals surface area contributed by atoms with Gasteiger partial charge in [-0.1, -0.05) is 36.4 Å². The van der Waals surface area contributed by atoms with Crippen LogP contribution in [0.1, 0.15) is 20.7 Å². The number of ether oxygens (including phenoxy) is 2. The first-order chi connectivity index (χ1) is 12.6.